The SMILES string of the molecule is N#CC1OCCO1. The molecule has 3 heteroatoms. The molecule has 1 aliphatic heterocycles. The van der Waals surface area contributed by atoms with Gasteiger partial charge in [-0.1, -0.05) is 0 Å². The van der Waals surface area contributed by atoms with Gasteiger partial charge in [-0.2, -0.15) is 5.26 Å². The lowest BCUT2D eigenvalue weighted by Crippen LogP contribution is -2.01. The molecule has 0 N–H and O–H groups in total. The van der Waals surface area contributed by atoms with Crippen LogP contribution < -0.4 is 0 Å². The molecule has 0 aromatic heterocycles. The van der Waals surface area contributed by atoms with Gasteiger partial charge in [-0.15, -0.1) is 0 Å². The average molecular weight is 99.1 g/mol. The molecule has 1 fully saturated rings. The maximum atomic E-state index is 8.07. The first-order valence-electron chi connectivity index (χ1n) is 2.06. The lowest BCUT2D eigenvalue weighted by molar-refractivity contribution is 0.00478. The molecule has 0 saturated carbocycles. The van der Waals surface area contributed by atoms with Crippen molar-refractivity contribution in [3.05, 3.63) is 0 Å². The molecule has 1 rings (SSSR count). The Balaban J connectivity index is 2.31. The molecular formula is C4H5NO2. The minimum absolute atomic E-state index is 0.554. The van der Waals surface area contributed by atoms with Crippen LogP contribution in [-0.4, -0.2) is 19.5 Å². The summed E-state index contributed by atoms with van der Waals surface area (Å²) in [5, 5.41) is 8.07. The lowest BCUT2D eigenvalue weighted by atomic mass is 10.7. The molecule has 7 heavy (non-hydrogen) atoms. The Kier molecular flexibility index (Phi) is 1.25. The quantitative estimate of drug-likeness (QED) is 0.425. The van der Waals surface area contributed by atoms with E-state index in [2.05, 4.69) is 0 Å². The first kappa shape index (κ1) is 4.57. The minimum Gasteiger partial charge on any atom is -0.338 e. The molecule has 0 unspecified atom stereocenters. The van der Waals surface area contributed by atoms with Crippen LogP contribution in [-0.2, 0) is 9.47 Å². The van der Waals surface area contributed by atoms with Crippen LogP contribution in [0, 0.1) is 11.3 Å². The Morgan fingerprint density at radius 3 is 2.29 bits per heavy atom. The van der Waals surface area contributed by atoms with Crippen molar-refractivity contribution in [3.63, 3.8) is 0 Å². The lowest BCUT2D eigenvalue weighted by Gasteiger charge is -1.91. The third-order valence-corrected chi connectivity index (χ3v) is 0.727. The van der Waals surface area contributed by atoms with Gasteiger partial charge in [-0.25, -0.2) is 0 Å². The summed E-state index contributed by atoms with van der Waals surface area (Å²) in [6, 6.07) is 1.82. The Morgan fingerprint density at radius 1 is 1.43 bits per heavy atom. The summed E-state index contributed by atoms with van der Waals surface area (Å²) in [6.07, 6.45) is -0.597. The van der Waals surface area contributed by atoms with Gasteiger partial charge in [0.15, 0.2) is 0 Å². The second kappa shape index (κ2) is 1.92. The van der Waals surface area contributed by atoms with Gasteiger partial charge < -0.3 is 9.47 Å². The van der Waals surface area contributed by atoms with Gasteiger partial charge in [0.25, 0.3) is 0 Å². The van der Waals surface area contributed by atoms with Crippen LogP contribution >= 0.6 is 0 Å². The van der Waals surface area contributed by atoms with Crippen LogP contribution in [0.5, 0.6) is 0 Å². The smallest absolute Gasteiger partial charge is 0.248 e. The Labute approximate surface area is 41.4 Å². The summed E-state index contributed by atoms with van der Waals surface area (Å²) in [4.78, 5) is 0. The Bertz CT molecular complexity index is 90.4. The van der Waals surface area contributed by atoms with Gasteiger partial charge in [0.2, 0.25) is 6.29 Å². The molecular weight excluding hydrogens is 94.0 g/mol. The Morgan fingerprint density at radius 2 is 2.00 bits per heavy atom. The Hall–Kier alpha value is -0.590. The molecule has 0 aliphatic carbocycles. The van der Waals surface area contributed by atoms with Crippen molar-refractivity contribution in [1.82, 2.24) is 0 Å². The van der Waals surface area contributed by atoms with Crippen molar-refractivity contribution in [2.45, 2.75) is 6.29 Å². The summed E-state index contributed by atoms with van der Waals surface area (Å²) in [5.41, 5.74) is 0. The molecule has 1 aliphatic rings. The molecule has 0 aromatic rings. The van der Waals surface area contributed by atoms with Crippen molar-refractivity contribution >= 4 is 0 Å². The maximum Gasteiger partial charge on any atom is 0.248 e. The average Bonchev–Trinajstić information content (AvgIpc) is 2.14. The number of ether oxygens (including phenoxy) is 2. The predicted molar refractivity (Wildman–Crippen MR) is 21.3 cm³/mol. The highest BCUT2D eigenvalue weighted by atomic mass is 16.7. The minimum atomic E-state index is -0.597. The first-order chi connectivity index (χ1) is 3.43. The van der Waals surface area contributed by atoms with Crippen LogP contribution in [0.1, 0.15) is 0 Å². The van der Waals surface area contributed by atoms with E-state index in [1.807, 2.05) is 6.07 Å². The molecule has 3 nitrogen and oxygen atoms in total. The molecule has 0 bridgehead atoms. The van der Waals surface area contributed by atoms with Crippen molar-refractivity contribution in [3.8, 4) is 6.07 Å². The predicted octanol–water partition coefficient (Wildman–Crippen LogP) is -0.117. The standard InChI is InChI=1S/C4H5NO2/c5-3-4-6-1-2-7-4/h4H,1-2H2. The van der Waals surface area contributed by atoms with Gasteiger partial charge in [0.1, 0.15) is 6.07 Å². The van der Waals surface area contributed by atoms with Crippen molar-refractivity contribution in [1.29, 1.82) is 5.26 Å². The van der Waals surface area contributed by atoms with Gasteiger partial charge in [0.05, 0.1) is 13.2 Å². The number of hydrogen-bond acceptors (Lipinski definition) is 3. The van der Waals surface area contributed by atoms with Crippen molar-refractivity contribution < 1.29 is 9.47 Å². The molecule has 38 valence electrons. The van der Waals surface area contributed by atoms with E-state index in [1.54, 1.807) is 0 Å². The van der Waals surface area contributed by atoms with Gasteiger partial charge in [0, 0.05) is 0 Å². The number of nitrogens with zero attached hydrogens (tertiary/aromatic N) is 1. The molecule has 1 heterocycles. The van der Waals surface area contributed by atoms with E-state index in [-0.39, 0.29) is 0 Å². The first-order valence-corrected chi connectivity index (χ1v) is 2.06. The van der Waals surface area contributed by atoms with Crippen LogP contribution in [0.4, 0.5) is 0 Å². The summed E-state index contributed by atoms with van der Waals surface area (Å²) >= 11 is 0. The molecule has 0 amide bonds. The molecule has 0 radical (unpaired) electrons. The van der Waals surface area contributed by atoms with Crippen LogP contribution in [0.3, 0.4) is 0 Å². The zero-order valence-corrected chi connectivity index (χ0v) is 3.76. The van der Waals surface area contributed by atoms with Crippen molar-refractivity contribution in [2.75, 3.05) is 13.2 Å². The van der Waals surface area contributed by atoms with E-state index in [4.69, 9.17) is 14.7 Å². The fourth-order valence-corrected chi connectivity index (χ4v) is 0.433. The van der Waals surface area contributed by atoms with E-state index in [0.717, 1.165) is 0 Å². The molecule has 1 saturated heterocycles. The third kappa shape index (κ3) is 0.889. The summed E-state index contributed by atoms with van der Waals surface area (Å²) < 4.78 is 9.44. The molecule has 0 atom stereocenters. The van der Waals surface area contributed by atoms with E-state index >= 15 is 0 Å². The zero-order valence-electron chi connectivity index (χ0n) is 3.76. The van der Waals surface area contributed by atoms with Gasteiger partial charge in [-0.05, 0) is 0 Å². The molecule has 0 aromatic carbocycles. The van der Waals surface area contributed by atoms with E-state index in [1.165, 1.54) is 0 Å². The van der Waals surface area contributed by atoms with E-state index < -0.39 is 6.29 Å². The summed E-state index contributed by atoms with van der Waals surface area (Å²) in [7, 11) is 0. The van der Waals surface area contributed by atoms with Gasteiger partial charge >= 0.3 is 0 Å². The number of rotatable bonds is 0. The second-order valence-electron chi connectivity index (χ2n) is 1.20. The summed E-state index contributed by atoms with van der Waals surface area (Å²) in [6.45, 7) is 1.11. The maximum absolute atomic E-state index is 8.07. The topological polar surface area (TPSA) is 42.2 Å². The normalized spacial score (nSPS) is 22.1. The van der Waals surface area contributed by atoms with Gasteiger partial charge in [-0.3, -0.25) is 0 Å². The molecule has 0 spiro atoms. The third-order valence-electron chi connectivity index (χ3n) is 0.727. The fraction of sp³-hybridized carbons (Fsp3) is 0.750. The van der Waals surface area contributed by atoms with Crippen LogP contribution in [0.25, 0.3) is 0 Å². The number of hydrogen-bond donors (Lipinski definition) is 0. The second-order valence-corrected chi connectivity index (χ2v) is 1.20. The highest BCUT2D eigenvalue weighted by molar-refractivity contribution is 4.77. The zero-order chi connectivity index (χ0) is 5.11. The monoisotopic (exact) mass is 99.0 g/mol. The van der Waals surface area contributed by atoms with Crippen LogP contribution in [0.15, 0.2) is 0 Å². The van der Waals surface area contributed by atoms with Crippen LogP contribution in [0.2, 0.25) is 0 Å². The number of nitriles is 1. The van der Waals surface area contributed by atoms with Crippen molar-refractivity contribution in [2.24, 2.45) is 0 Å². The highest BCUT2D eigenvalue weighted by Crippen LogP contribution is 1.99. The van der Waals surface area contributed by atoms with E-state index in [9.17, 15) is 0 Å². The summed E-state index contributed by atoms with van der Waals surface area (Å²) in [5.74, 6) is 0. The largest absolute Gasteiger partial charge is 0.338 e. The fourth-order valence-electron chi connectivity index (χ4n) is 0.433. The highest BCUT2D eigenvalue weighted by Gasteiger charge is 2.12. The van der Waals surface area contributed by atoms with E-state index in [0.29, 0.717) is 13.2 Å².